The van der Waals surface area contributed by atoms with E-state index in [4.69, 9.17) is 10.5 Å². The van der Waals surface area contributed by atoms with E-state index in [9.17, 15) is 0 Å². The van der Waals surface area contributed by atoms with E-state index in [2.05, 4.69) is 30.1 Å². The first kappa shape index (κ1) is 21.2. The van der Waals surface area contributed by atoms with Crippen molar-refractivity contribution in [2.45, 2.75) is 0 Å². The summed E-state index contributed by atoms with van der Waals surface area (Å²) in [4.78, 5) is 17.6. The highest BCUT2D eigenvalue weighted by molar-refractivity contribution is 14.0. The Labute approximate surface area is 176 Å². The zero-order valence-electron chi connectivity index (χ0n) is 15.4. The molecule has 0 atom stereocenters. The van der Waals surface area contributed by atoms with Crippen molar-refractivity contribution in [2.75, 3.05) is 56.6 Å². The molecule has 1 fully saturated rings. The number of aromatic nitrogens is 2. The van der Waals surface area contributed by atoms with Crippen molar-refractivity contribution in [1.29, 1.82) is 0 Å². The summed E-state index contributed by atoms with van der Waals surface area (Å²) >= 11 is 0. The topological polar surface area (TPSA) is 91.9 Å². The van der Waals surface area contributed by atoms with E-state index in [-0.39, 0.29) is 24.0 Å². The lowest BCUT2D eigenvalue weighted by Crippen LogP contribution is -2.47. The molecular formula is C18H26IN7O. The van der Waals surface area contributed by atoms with E-state index in [1.54, 1.807) is 19.5 Å². The first-order valence-corrected chi connectivity index (χ1v) is 8.70. The molecule has 0 unspecified atom stereocenters. The molecule has 0 spiro atoms. The maximum atomic E-state index is 5.97. The van der Waals surface area contributed by atoms with E-state index in [1.165, 1.54) is 0 Å². The van der Waals surface area contributed by atoms with Gasteiger partial charge < -0.3 is 20.7 Å². The molecule has 3 N–H and O–H groups in total. The van der Waals surface area contributed by atoms with Gasteiger partial charge in [-0.25, -0.2) is 9.97 Å². The molecule has 1 aliphatic heterocycles. The van der Waals surface area contributed by atoms with Gasteiger partial charge in [-0.15, -0.1) is 24.0 Å². The van der Waals surface area contributed by atoms with Crippen LogP contribution in [0.25, 0.3) is 0 Å². The van der Waals surface area contributed by atoms with Crippen molar-refractivity contribution in [3.05, 3.63) is 42.7 Å². The predicted octanol–water partition coefficient (Wildman–Crippen LogP) is 1.65. The second-order valence-corrected chi connectivity index (χ2v) is 6.00. The first-order valence-electron chi connectivity index (χ1n) is 8.70. The number of methoxy groups -OCH3 is 1. The molecule has 0 saturated carbocycles. The number of benzene rings is 1. The molecule has 146 valence electrons. The second-order valence-electron chi connectivity index (χ2n) is 6.00. The lowest BCUT2D eigenvalue weighted by atomic mass is 10.3. The Hall–Kier alpha value is -2.14. The number of nitrogens with two attached hydrogens (primary N) is 1. The normalized spacial score (nSPS) is 15.1. The molecule has 1 saturated heterocycles. The summed E-state index contributed by atoms with van der Waals surface area (Å²) in [7, 11) is 1.64. The number of nitrogens with one attached hydrogen (secondary N) is 1. The highest BCUT2D eigenvalue weighted by atomic mass is 127. The van der Waals surface area contributed by atoms with Crippen LogP contribution in [0.2, 0.25) is 0 Å². The summed E-state index contributed by atoms with van der Waals surface area (Å²) in [5, 5.41) is 3.09. The van der Waals surface area contributed by atoms with Crippen LogP contribution < -0.4 is 20.7 Å². The van der Waals surface area contributed by atoms with Gasteiger partial charge in [-0.3, -0.25) is 9.89 Å². The molecule has 1 aromatic heterocycles. The Morgan fingerprint density at radius 1 is 1.19 bits per heavy atom. The molecule has 0 bridgehead atoms. The summed E-state index contributed by atoms with van der Waals surface area (Å²) in [6.45, 7) is 5.32. The van der Waals surface area contributed by atoms with E-state index < -0.39 is 0 Å². The van der Waals surface area contributed by atoms with Crippen molar-refractivity contribution in [3.63, 3.8) is 0 Å². The van der Waals surface area contributed by atoms with Crippen molar-refractivity contribution < 1.29 is 4.74 Å². The highest BCUT2D eigenvalue weighted by Gasteiger charge is 2.18. The van der Waals surface area contributed by atoms with E-state index in [1.807, 2.05) is 30.3 Å². The third kappa shape index (κ3) is 6.51. The molecule has 0 radical (unpaired) electrons. The van der Waals surface area contributed by atoms with Gasteiger partial charge in [0, 0.05) is 56.9 Å². The maximum Gasteiger partial charge on any atom is 0.225 e. The Morgan fingerprint density at radius 3 is 2.63 bits per heavy atom. The molecule has 2 heterocycles. The van der Waals surface area contributed by atoms with Crippen LogP contribution in [-0.2, 0) is 0 Å². The number of nitrogens with zero attached hydrogens (tertiary/aromatic N) is 5. The minimum Gasteiger partial charge on any atom is -0.497 e. The van der Waals surface area contributed by atoms with Gasteiger partial charge in [0.05, 0.1) is 13.7 Å². The summed E-state index contributed by atoms with van der Waals surface area (Å²) in [5.41, 5.74) is 6.83. The Bertz CT molecular complexity index is 721. The largest absolute Gasteiger partial charge is 0.497 e. The van der Waals surface area contributed by atoms with Crippen LogP contribution in [-0.4, -0.2) is 67.2 Å². The molecule has 3 rings (SSSR count). The van der Waals surface area contributed by atoms with Gasteiger partial charge in [-0.2, -0.15) is 0 Å². The van der Waals surface area contributed by atoms with Crippen molar-refractivity contribution in [3.8, 4) is 5.75 Å². The van der Waals surface area contributed by atoms with Crippen LogP contribution in [0.15, 0.2) is 47.7 Å². The van der Waals surface area contributed by atoms with Crippen molar-refractivity contribution in [1.82, 2.24) is 14.9 Å². The quantitative estimate of drug-likeness (QED) is 0.367. The fourth-order valence-corrected chi connectivity index (χ4v) is 2.83. The van der Waals surface area contributed by atoms with Gasteiger partial charge in [-0.05, 0) is 18.2 Å². The van der Waals surface area contributed by atoms with Crippen LogP contribution in [0, 0.1) is 0 Å². The summed E-state index contributed by atoms with van der Waals surface area (Å²) < 4.78 is 5.20. The second kappa shape index (κ2) is 10.9. The Balaban J connectivity index is 0.00000261. The molecule has 2 aromatic rings. The lowest BCUT2D eigenvalue weighted by Gasteiger charge is -2.34. The molecule has 0 aliphatic carbocycles. The monoisotopic (exact) mass is 483 g/mol. The Morgan fingerprint density at radius 2 is 1.93 bits per heavy atom. The molecular weight excluding hydrogens is 457 g/mol. The van der Waals surface area contributed by atoms with Crippen LogP contribution in [0.5, 0.6) is 5.75 Å². The average Bonchev–Trinajstić information content (AvgIpc) is 2.69. The lowest BCUT2D eigenvalue weighted by molar-refractivity contribution is 0.264. The molecule has 1 aliphatic rings. The van der Waals surface area contributed by atoms with Crippen LogP contribution in [0.4, 0.5) is 11.6 Å². The van der Waals surface area contributed by atoms with Crippen LogP contribution in [0.3, 0.4) is 0 Å². The summed E-state index contributed by atoms with van der Waals surface area (Å²) in [5.74, 6) is 1.99. The summed E-state index contributed by atoms with van der Waals surface area (Å²) in [6, 6.07) is 9.44. The number of rotatable bonds is 6. The zero-order valence-corrected chi connectivity index (χ0v) is 17.7. The number of hydrogen-bond acceptors (Lipinski definition) is 6. The van der Waals surface area contributed by atoms with Gasteiger partial charge in [-0.1, -0.05) is 6.07 Å². The minimum absolute atomic E-state index is 0. The number of aliphatic imine (C=N–C) groups is 1. The minimum atomic E-state index is 0. The molecule has 8 nitrogen and oxygen atoms in total. The fraction of sp³-hybridized carbons (Fsp3) is 0.389. The van der Waals surface area contributed by atoms with Gasteiger partial charge in [0.15, 0.2) is 5.96 Å². The third-order valence-corrected chi connectivity index (χ3v) is 4.25. The molecule has 9 heteroatoms. The van der Waals surface area contributed by atoms with Crippen LogP contribution in [0.1, 0.15) is 0 Å². The van der Waals surface area contributed by atoms with Crippen molar-refractivity contribution >= 4 is 41.6 Å². The molecule has 0 amide bonds. The smallest absolute Gasteiger partial charge is 0.225 e. The number of halogens is 1. The number of ether oxygens (including phenoxy) is 1. The standard InChI is InChI=1S/C18H25N7O.HI/c1-26-16-5-2-4-15(14-16)23-17(19)20-8-9-24-10-12-25(13-11-24)18-21-6-3-7-22-18;/h2-7,14H,8-13H2,1H3,(H3,19,20,23);1H. The summed E-state index contributed by atoms with van der Waals surface area (Å²) in [6.07, 6.45) is 3.56. The number of hydrogen-bond donors (Lipinski definition) is 2. The third-order valence-electron chi connectivity index (χ3n) is 4.25. The van der Waals surface area contributed by atoms with Gasteiger partial charge in [0.1, 0.15) is 5.75 Å². The van der Waals surface area contributed by atoms with Gasteiger partial charge in [0.2, 0.25) is 5.95 Å². The maximum absolute atomic E-state index is 5.97. The van der Waals surface area contributed by atoms with Gasteiger partial charge in [0.25, 0.3) is 0 Å². The molecule has 27 heavy (non-hydrogen) atoms. The first-order chi connectivity index (χ1) is 12.7. The van der Waals surface area contributed by atoms with E-state index in [0.29, 0.717) is 12.5 Å². The van der Waals surface area contributed by atoms with Gasteiger partial charge >= 0.3 is 0 Å². The predicted molar refractivity (Wildman–Crippen MR) is 119 cm³/mol. The Kier molecular flexibility index (Phi) is 8.52. The number of piperazine rings is 1. The molecule has 1 aromatic carbocycles. The average molecular weight is 483 g/mol. The number of guanidine groups is 1. The number of anilines is 2. The zero-order chi connectivity index (χ0) is 18.2. The SMILES string of the molecule is COc1cccc(NC(N)=NCCN2CCN(c3ncccn3)CC2)c1.I. The van der Waals surface area contributed by atoms with E-state index in [0.717, 1.165) is 50.1 Å². The fourth-order valence-electron chi connectivity index (χ4n) is 2.83. The van der Waals surface area contributed by atoms with Crippen LogP contribution >= 0.6 is 24.0 Å². The highest BCUT2D eigenvalue weighted by Crippen LogP contribution is 2.16. The van der Waals surface area contributed by atoms with Crippen molar-refractivity contribution in [2.24, 2.45) is 10.7 Å². The van der Waals surface area contributed by atoms with E-state index >= 15 is 0 Å².